The molecule has 1 fully saturated rings. The topological polar surface area (TPSA) is 53.4 Å². The molecule has 1 saturated heterocycles. The summed E-state index contributed by atoms with van der Waals surface area (Å²) in [5.74, 6) is -0.389. The molecule has 2 aromatic rings. The number of likely N-dealkylation sites (tertiary alicyclic amines) is 1. The van der Waals surface area contributed by atoms with Gasteiger partial charge in [0.05, 0.1) is 5.52 Å². The summed E-state index contributed by atoms with van der Waals surface area (Å²) in [6, 6.07) is 7.89. The van der Waals surface area contributed by atoms with E-state index in [0.29, 0.717) is 5.92 Å². The fourth-order valence-electron chi connectivity index (χ4n) is 3.42. The predicted octanol–water partition coefficient (Wildman–Crippen LogP) is 3.97. The summed E-state index contributed by atoms with van der Waals surface area (Å²) in [6.45, 7) is 2.74. The molecule has 1 aromatic carbocycles. The van der Waals surface area contributed by atoms with Crippen LogP contribution in [0.3, 0.4) is 0 Å². The maximum atomic E-state index is 10.9. The van der Waals surface area contributed by atoms with E-state index >= 15 is 0 Å². The first-order valence-electron chi connectivity index (χ1n) is 8.09. The van der Waals surface area contributed by atoms with Crippen molar-refractivity contribution in [2.75, 3.05) is 13.1 Å². The van der Waals surface area contributed by atoms with E-state index in [1.54, 1.807) is 0 Å². The fourth-order valence-corrected chi connectivity index (χ4v) is 3.67. The number of hydrogen-bond acceptors (Lipinski definition) is 3. The van der Waals surface area contributed by atoms with Crippen molar-refractivity contribution in [2.45, 2.75) is 32.2 Å². The van der Waals surface area contributed by atoms with E-state index in [4.69, 9.17) is 16.7 Å². The maximum Gasteiger partial charge on any atom is 0.303 e. The molecule has 0 radical (unpaired) electrons. The third-order valence-corrected chi connectivity index (χ3v) is 4.76. The van der Waals surface area contributed by atoms with Crippen molar-refractivity contribution < 1.29 is 9.90 Å². The first-order valence-corrected chi connectivity index (χ1v) is 8.47. The number of benzene rings is 1. The zero-order chi connectivity index (χ0) is 16.2. The van der Waals surface area contributed by atoms with Crippen LogP contribution < -0.4 is 0 Å². The number of nitrogens with zero attached hydrogens (tertiary/aromatic N) is 2. The Morgan fingerprint density at radius 1 is 1.35 bits per heavy atom. The summed E-state index contributed by atoms with van der Waals surface area (Å²) >= 11 is 6.24. The Kier molecular flexibility index (Phi) is 5.13. The molecule has 3 rings (SSSR count). The van der Waals surface area contributed by atoms with Crippen LogP contribution in [0.4, 0.5) is 0 Å². The van der Waals surface area contributed by atoms with Crippen molar-refractivity contribution in [1.82, 2.24) is 9.88 Å². The number of halogens is 1. The smallest absolute Gasteiger partial charge is 0.303 e. The van der Waals surface area contributed by atoms with Gasteiger partial charge in [0, 0.05) is 29.6 Å². The van der Waals surface area contributed by atoms with E-state index in [0.717, 1.165) is 60.4 Å². The monoisotopic (exact) mass is 332 g/mol. The average Bonchev–Trinajstić information content (AvgIpc) is 2.72. The summed E-state index contributed by atoms with van der Waals surface area (Å²) in [4.78, 5) is 17.8. The van der Waals surface area contributed by atoms with Crippen LogP contribution in [0.2, 0.25) is 5.02 Å². The van der Waals surface area contributed by atoms with Crippen LogP contribution in [-0.2, 0) is 11.3 Å². The molecule has 0 aliphatic carbocycles. The molecule has 23 heavy (non-hydrogen) atoms. The SMILES string of the molecule is O=C(O)C[C@@H]1CCCN(Cc2cc(Cl)cc3cccnc23)CC1. The first kappa shape index (κ1) is 16.2. The van der Waals surface area contributed by atoms with Crippen LogP contribution in [0.1, 0.15) is 31.2 Å². The Labute approximate surface area is 141 Å². The van der Waals surface area contributed by atoms with Crippen molar-refractivity contribution >= 4 is 28.5 Å². The molecule has 0 spiro atoms. The summed E-state index contributed by atoms with van der Waals surface area (Å²) in [5, 5.41) is 10.8. The minimum absolute atomic E-state index is 0.287. The summed E-state index contributed by atoms with van der Waals surface area (Å²) in [5.41, 5.74) is 2.15. The van der Waals surface area contributed by atoms with Gasteiger partial charge in [-0.2, -0.15) is 0 Å². The summed E-state index contributed by atoms with van der Waals surface area (Å²) in [6.07, 6.45) is 5.08. The molecule has 1 aliphatic rings. The fraction of sp³-hybridized carbons (Fsp3) is 0.444. The van der Waals surface area contributed by atoms with Crippen LogP contribution in [0.25, 0.3) is 10.9 Å². The lowest BCUT2D eigenvalue weighted by Gasteiger charge is -2.21. The Morgan fingerprint density at radius 3 is 3.04 bits per heavy atom. The van der Waals surface area contributed by atoms with Gasteiger partial charge in [-0.3, -0.25) is 14.7 Å². The largest absolute Gasteiger partial charge is 0.481 e. The number of carboxylic acid groups (broad SMARTS) is 1. The van der Waals surface area contributed by atoms with Crippen molar-refractivity contribution in [1.29, 1.82) is 0 Å². The molecule has 1 N–H and O–H groups in total. The Bertz CT molecular complexity index is 704. The lowest BCUT2D eigenvalue weighted by molar-refractivity contribution is -0.138. The minimum Gasteiger partial charge on any atom is -0.481 e. The minimum atomic E-state index is -0.687. The van der Waals surface area contributed by atoms with Crippen molar-refractivity contribution in [2.24, 2.45) is 5.92 Å². The highest BCUT2D eigenvalue weighted by Crippen LogP contribution is 2.26. The second kappa shape index (κ2) is 7.28. The highest BCUT2D eigenvalue weighted by atomic mass is 35.5. The van der Waals surface area contributed by atoms with Gasteiger partial charge in [-0.15, -0.1) is 0 Å². The number of fused-ring (bicyclic) bond motifs is 1. The number of aromatic nitrogens is 1. The van der Waals surface area contributed by atoms with Gasteiger partial charge in [0.25, 0.3) is 0 Å². The Balaban J connectivity index is 1.73. The highest BCUT2D eigenvalue weighted by Gasteiger charge is 2.20. The lowest BCUT2D eigenvalue weighted by atomic mass is 9.97. The van der Waals surface area contributed by atoms with Gasteiger partial charge in [-0.1, -0.05) is 17.7 Å². The zero-order valence-corrected chi connectivity index (χ0v) is 13.8. The van der Waals surface area contributed by atoms with Crippen LogP contribution in [0.15, 0.2) is 30.5 Å². The first-order chi connectivity index (χ1) is 11.1. The normalized spacial score (nSPS) is 19.6. The van der Waals surface area contributed by atoms with E-state index in [1.807, 2.05) is 30.5 Å². The van der Waals surface area contributed by atoms with E-state index in [-0.39, 0.29) is 6.42 Å². The van der Waals surface area contributed by atoms with Crippen molar-refractivity contribution in [3.05, 3.63) is 41.0 Å². The summed E-state index contributed by atoms with van der Waals surface area (Å²) in [7, 11) is 0. The van der Waals surface area contributed by atoms with Gasteiger partial charge >= 0.3 is 5.97 Å². The maximum absolute atomic E-state index is 10.9. The molecular formula is C18H21ClN2O2. The standard InChI is InChI=1S/C18H21ClN2O2/c19-16-10-14-4-1-6-20-18(14)15(11-16)12-21-7-2-3-13(5-8-21)9-17(22)23/h1,4,6,10-11,13H,2-3,5,7-9,12H2,(H,22,23)/t13-/m1/s1. The lowest BCUT2D eigenvalue weighted by Crippen LogP contribution is -2.24. The number of rotatable bonds is 4. The van der Waals surface area contributed by atoms with E-state index < -0.39 is 5.97 Å². The molecule has 1 aromatic heterocycles. The Hall–Kier alpha value is -1.65. The van der Waals surface area contributed by atoms with Crippen LogP contribution in [-0.4, -0.2) is 34.0 Å². The Morgan fingerprint density at radius 2 is 2.22 bits per heavy atom. The van der Waals surface area contributed by atoms with Gasteiger partial charge in [0.1, 0.15) is 0 Å². The number of carboxylic acids is 1. The van der Waals surface area contributed by atoms with Gasteiger partial charge < -0.3 is 5.11 Å². The number of carbonyl (C=O) groups is 1. The van der Waals surface area contributed by atoms with Crippen molar-refractivity contribution in [3.63, 3.8) is 0 Å². The third-order valence-electron chi connectivity index (χ3n) is 4.55. The van der Waals surface area contributed by atoms with E-state index in [2.05, 4.69) is 9.88 Å². The van der Waals surface area contributed by atoms with Gasteiger partial charge in [0.2, 0.25) is 0 Å². The number of hydrogen-bond donors (Lipinski definition) is 1. The molecule has 4 nitrogen and oxygen atoms in total. The highest BCUT2D eigenvalue weighted by molar-refractivity contribution is 6.31. The predicted molar refractivity (Wildman–Crippen MR) is 91.6 cm³/mol. The number of aliphatic carboxylic acids is 1. The van der Waals surface area contributed by atoms with Crippen LogP contribution >= 0.6 is 11.6 Å². The molecule has 0 amide bonds. The molecule has 0 unspecified atom stereocenters. The molecule has 0 bridgehead atoms. The molecule has 122 valence electrons. The third kappa shape index (κ3) is 4.21. The quantitative estimate of drug-likeness (QED) is 0.920. The van der Waals surface area contributed by atoms with E-state index in [9.17, 15) is 4.79 Å². The molecule has 1 atom stereocenters. The zero-order valence-electron chi connectivity index (χ0n) is 13.0. The molecule has 5 heteroatoms. The van der Waals surface area contributed by atoms with Crippen LogP contribution in [0.5, 0.6) is 0 Å². The summed E-state index contributed by atoms with van der Waals surface area (Å²) < 4.78 is 0. The van der Waals surface area contributed by atoms with Gasteiger partial charge in [-0.05, 0) is 62.0 Å². The average molecular weight is 333 g/mol. The second-order valence-corrected chi connectivity index (χ2v) is 6.75. The molecular weight excluding hydrogens is 312 g/mol. The molecule has 1 aliphatic heterocycles. The van der Waals surface area contributed by atoms with Crippen molar-refractivity contribution in [3.8, 4) is 0 Å². The van der Waals surface area contributed by atoms with Gasteiger partial charge in [0.15, 0.2) is 0 Å². The van der Waals surface area contributed by atoms with E-state index in [1.165, 1.54) is 0 Å². The molecule has 2 heterocycles. The van der Waals surface area contributed by atoms with Gasteiger partial charge in [-0.25, -0.2) is 0 Å². The second-order valence-electron chi connectivity index (χ2n) is 6.31. The van der Waals surface area contributed by atoms with Crippen LogP contribution in [0, 0.1) is 5.92 Å². The molecule has 0 saturated carbocycles. The number of pyridine rings is 1.